The Morgan fingerprint density at radius 2 is 1.67 bits per heavy atom. The summed E-state index contributed by atoms with van der Waals surface area (Å²) in [6.45, 7) is 5.59. The standard InChI is InChI=1S/C10H20O2/c1-8-4-6-10(12,7-5-8)9(2,3)11/h8,11-12H,4-7H2,1-3H3. The normalized spacial score (nSPS) is 38.2. The van der Waals surface area contributed by atoms with Gasteiger partial charge in [-0.2, -0.15) is 0 Å². The molecule has 2 N–H and O–H groups in total. The molecule has 0 bridgehead atoms. The summed E-state index contributed by atoms with van der Waals surface area (Å²) in [4.78, 5) is 0. The second kappa shape index (κ2) is 3.00. The molecule has 0 amide bonds. The average Bonchev–Trinajstić information content (AvgIpc) is 1.93. The molecule has 0 aromatic rings. The van der Waals surface area contributed by atoms with Gasteiger partial charge in [0.25, 0.3) is 0 Å². The zero-order valence-electron chi connectivity index (χ0n) is 8.30. The van der Waals surface area contributed by atoms with Gasteiger partial charge in [0, 0.05) is 0 Å². The number of hydrogen-bond donors (Lipinski definition) is 2. The first kappa shape index (κ1) is 10.0. The van der Waals surface area contributed by atoms with E-state index in [-0.39, 0.29) is 0 Å². The molecule has 0 aromatic heterocycles. The Bertz CT molecular complexity index is 150. The fraction of sp³-hybridized carbons (Fsp3) is 1.00. The van der Waals surface area contributed by atoms with E-state index in [1.165, 1.54) is 0 Å². The fourth-order valence-electron chi connectivity index (χ4n) is 1.85. The van der Waals surface area contributed by atoms with Crippen molar-refractivity contribution < 1.29 is 10.2 Å². The first-order valence-corrected chi connectivity index (χ1v) is 4.80. The lowest BCUT2D eigenvalue weighted by Crippen LogP contribution is -2.51. The van der Waals surface area contributed by atoms with Crippen molar-refractivity contribution in [3.05, 3.63) is 0 Å². The van der Waals surface area contributed by atoms with E-state index in [0.29, 0.717) is 5.92 Å². The Morgan fingerprint density at radius 3 is 2.00 bits per heavy atom. The van der Waals surface area contributed by atoms with Crippen LogP contribution in [0, 0.1) is 5.92 Å². The molecule has 0 atom stereocenters. The lowest BCUT2D eigenvalue weighted by atomic mass is 9.71. The minimum absolute atomic E-state index is 0.702. The van der Waals surface area contributed by atoms with Gasteiger partial charge < -0.3 is 10.2 Å². The Labute approximate surface area is 74.6 Å². The van der Waals surface area contributed by atoms with E-state index in [2.05, 4.69) is 6.92 Å². The third kappa shape index (κ3) is 1.80. The second-order valence-corrected chi connectivity index (χ2v) is 4.77. The maximum absolute atomic E-state index is 10.1. The van der Waals surface area contributed by atoms with Crippen molar-refractivity contribution in [2.24, 2.45) is 5.92 Å². The molecule has 2 nitrogen and oxygen atoms in total. The van der Waals surface area contributed by atoms with E-state index in [1.54, 1.807) is 13.8 Å². The molecule has 0 aromatic carbocycles. The van der Waals surface area contributed by atoms with Crippen molar-refractivity contribution in [3.63, 3.8) is 0 Å². The summed E-state index contributed by atoms with van der Waals surface area (Å²) in [5.41, 5.74) is -1.80. The summed E-state index contributed by atoms with van der Waals surface area (Å²) < 4.78 is 0. The molecule has 1 aliphatic rings. The van der Waals surface area contributed by atoms with Gasteiger partial charge in [-0.25, -0.2) is 0 Å². The molecule has 1 aliphatic carbocycles. The minimum Gasteiger partial charge on any atom is -0.387 e. The SMILES string of the molecule is CC1CCC(O)(C(C)(C)O)CC1. The van der Waals surface area contributed by atoms with Crippen LogP contribution in [0.25, 0.3) is 0 Å². The van der Waals surface area contributed by atoms with Gasteiger partial charge in [-0.3, -0.25) is 0 Å². The van der Waals surface area contributed by atoms with Gasteiger partial charge in [-0.1, -0.05) is 6.92 Å². The molecule has 1 fully saturated rings. The average molecular weight is 172 g/mol. The van der Waals surface area contributed by atoms with Crippen molar-refractivity contribution in [2.75, 3.05) is 0 Å². The van der Waals surface area contributed by atoms with Crippen molar-refractivity contribution >= 4 is 0 Å². The maximum atomic E-state index is 10.1. The molecule has 1 rings (SSSR count). The molecule has 0 spiro atoms. The molecule has 72 valence electrons. The highest BCUT2D eigenvalue weighted by molar-refractivity contribution is 4.96. The molecule has 0 radical (unpaired) electrons. The van der Waals surface area contributed by atoms with Crippen LogP contribution in [-0.2, 0) is 0 Å². The van der Waals surface area contributed by atoms with Crippen LogP contribution in [0.2, 0.25) is 0 Å². The van der Waals surface area contributed by atoms with Crippen molar-refractivity contribution in [2.45, 2.75) is 57.7 Å². The number of aliphatic hydroxyl groups is 2. The topological polar surface area (TPSA) is 40.5 Å². The fourth-order valence-corrected chi connectivity index (χ4v) is 1.85. The van der Waals surface area contributed by atoms with Crippen molar-refractivity contribution in [1.29, 1.82) is 0 Å². The van der Waals surface area contributed by atoms with Crippen LogP contribution >= 0.6 is 0 Å². The van der Waals surface area contributed by atoms with Crippen molar-refractivity contribution in [1.82, 2.24) is 0 Å². The third-order valence-electron chi connectivity index (χ3n) is 3.24. The number of rotatable bonds is 1. The smallest absolute Gasteiger partial charge is 0.0928 e. The Balaban J connectivity index is 2.62. The van der Waals surface area contributed by atoms with Crippen LogP contribution in [-0.4, -0.2) is 21.4 Å². The molecule has 2 heteroatoms. The Kier molecular flexibility index (Phi) is 2.50. The molecule has 12 heavy (non-hydrogen) atoms. The van der Waals surface area contributed by atoms with Gasteiger partial charge in [-0.05, 0) is 45.4 Å². The van der Waals surface area contributed by atoms with E-state index >= 15 is 0 Å². The van der Waals surface area contributed by atoms with E-state index in [4.69, 9.17) is 0 Å². The molecular weight excluding hydrogens is 152 g/mol. The lowest BCUT2D eigenvalue weighted by molar-refractivity contribution is -0.152. The monoisotopic (exact) mass is 172 g/mol. The van der Waals surface area contributed by atoms with Crippen LogP contribution in [0.3, 0.4) is 0 Å². The first-order chi connectivity index (χ1) is 5.35. The van der Waals surface area contributed by atoms with Crippen LogP contribution in [0.4, 0.5) is 0 Å². The van der Waals surface area contributed by atoms with E-state index in [9.17, 15) is 10.2 Å². The van der Waals surface area contributed by atoms with Crippen LogP contribution in [0.15, 0.2) is 0 Å². The summed E-state index contributed by atoms with van der Waals surface area (Å²) in [5, 5.41) is 19.8. The molecule has 0 unspecified atom stereocenters. The van der Waals surface area contributed by atoms with Crippen LogP contribution in [0.5, 0.6) is 0 Å². The Morgan fingerprint density at radius 1 is 1.25 bits per heavy atom. The van der Waals surface area contributed by atoms with Gasteiger partial charge in [0.05, 0.1) is 11.2 Å². The van der Waals surface area contributed by atoms with Crippen LogP contribution in [0.1, 0.15) is 46.5 Å². The van der Waals surface area contributed by atoms with Crippen LogP contribution < -0.4 is 0 Å². The minimum atomic E-state index is -0.951. The number of hydrogen-bond acceptors (Lipinski definition) is 2. The van der Waals surface area contributed by atoms with E-state index < -0.39 is 11.2 Å². The molecule has 0 saturated heterocycles. The highest BCUT2D eigenvalue weighted by atomic mass is 16.4. The van der Waals surface area contributed by atoms with E-state index in [0.717, 1.165) is 25.7 Å². The predicted molar refractivity (Wildman–Crippen MR) is 48.9 cm³/mol. The maximum Gasteiger partial charge on any atom is 0.0928 e. The zero-order valence-corrected chi connectivity index (χ0v) is 8.30. The molecule has 0 aliphatic heterocycles. The Hall–Kier alpha value is -0.0800. The summed E-state index contributed by atoms with van der Waals surface area (Å²) in [6, 6.07) is 0. The lowest BCUT2D eigenvalue weighted by Gasteiger charge is -2.43. The summed E-state index contributed by atoms with van der Waals surface area (Å²) in [7, 11) is 0. The summed E-state index contributed by atoms with van der Waals surface area (Å²) in [6.07, 6.45) is 3.52. The van der Waals surface area contributed by atoms with Crippen molar-refractivity contribution in [3.8, 4) is 0 Å². The first-order valence-electron chi connectivity index (χ1n) is 4.80. The molecule has 1 saturated carbocycles. The van der Waals surface area contributed by atoms with Gasteiger partial charge in [0.15, 0.2) is 0 Å². The second-order valence-electron chi connectivity index (χ2n) is 4.77. The van der Waals surface area contributed by atoms with Gasteiger partial charge in [0.1, 0.15) is 0 Å². The van der Waals surface area contributed by atoms with E-state index in [1.807, 2.05) is 0 Å². The summed E-state index contributed by atoms with van der Waals surface area (Å²) in [5.74, 6) is 0.702. The molecule has 0 heterocycles. The quantitative estimate of drug-likeness (QED) is 0.632. The third-order valence-corrected chi connectivity index (χ3v) is 3.24. The summed E-state index contributed by atoms with van der Waals surface area (Å²) >= 11 is 0. The highest BCUT2D eigenvalue weighted by Crippen LogP contribution is 2.38. The van der Waals surface area contributed by atoms with Gasteiger partial charge in [-0.15, -0.1) is 0 Å². The van der Waals surface area contributed by atoms with Gasteiger partial charge in [0.2, 0.25) is 0 Å². The predicted octanol–water partition coefficient (Wildman–Crippen LogP) is 1.70. The molecular formula is C10H20O2. The largest absolute Gasteiger partial charge is 0.387 e. The highest BCUT2D eigenvalue weighted by Gasteiger charge is 2.43. The zero-order chi connectivity index (χ0) is 9.41. The van der Waals surface area contributed by atoms with Gasteiger partial charge >= 0.3 is 0 Å².